The van der Waals surface area contributed by atoms with Gasteiger partial charge in [0.25, 0.3) is 0 Å². The van der Waals surface area contributed by atoms with Crippen LogP contribution in [-0.4, -0.2) is 14.8 Å². The summed E-state index contributed by atoms with van der Waals surface area (Å²) in [7, 11) is 1.97. The topological polar surface area (TPSA) is 42.7 Å². The second-order valence-corrected chi connectivity index (χ2v) is 5.03. The van der Waals surface area contributed by atoms with Crippen molar-refractivity contribution in [1.29, 1.82) is 0 Å². The molecule has 0 saturated heterocycles. The maximum absolute atomic E-state index is 4.43. The molecule has 0 saturated carbocycles. The number of nitrogens with zero attached hydrogens (tertiary/aromatic N) is 3. The summed E-state index contributed by atoms with van der Waals surface area (Å²) in [5.41, 5.74) is 5.50. The standard InChI is InChI=1S/C12H18N4S/c1-4-11-10(7-16(3)15-11)5-13-6-12-9(2)14-8-17-12/h7-8,13H,4-6H2,1-3H3. The predicted octanol–water partition coefficient (Wildman–Crippen LogP) is 2.04. The minimum absolute atomic E-state index is 0.869. The molecule has 0 aliphatic heterocycles. The molecule has 2 aromatic rings. The third-order valence-electron chi connectivity index (χ3n) is 2.77. The number of hydrogen-bond acceptors (Lipinski definition) is 4. The van der Waals surface area contributed by atoms with E-state index in [1.165, 1.54) is 16.1 Å². The van der Waals surface area contributed by atoms with Crippen molar-refractivity contribution in [2.75, 3.05) is 0 Å². The molecule has 92 valence electrons. The summed E-state index contributed by atoms with van der Waals surface area (Å²) in [6.07, 6.45) is 3.07. The molecule has 0 aromatic carbocycles. The predicted molar refractivity (Wildman–Crippen MR) is 70.0 cm³/mol. The van der Waals surface area contributed by atoms with E-state index in [1.54, 1.807) is 11.3 Å². The van der Waals surface area contributed by atoms with Gasteiger partial charge in [0.15, 0.2) is 0 Å². The van der Waals surface area contributed by atoms with Crippen LogP contribution in [0.5, 0.6) is 0 Å². The monoisotopic (exact) mass is 250 g/mol. The Balaban J connectivity index is 1.92. The fraction of sp³-hybridized carbons (Fsp3) is 0.500. The number of aryl methyl sites for hydroxylation is 3. The average molecular weight is 250 g/mol. The molecule has 0 unspecified atom stereocenters. The van der Waals surface area contributed by atoms with Crippen LogP contribution in [0.1, 0.15) is 28.8 Å². The number of aromatic nitrogens is 3. The molecular weight excluding hydrogens is 232 g/mol. The lowest BCUT2D eigenvalue weighted by molar-refractivity contribution is 0.692. The van der Waals surface area contributed by atoms with E-state index in [4.69, 9.17) is 0 Å². The lowest BCUT2D eigenvalue weighted by Crippen LogP contribution is -2.13. The fourth-order valence-electron chi connectivity index (χ4n) is 1.84. The summed E-state index contributed by atoms with van der Waals surface area (Å²) in [5, 5.41) is 7.88. The number of rotatable bonds is 5. The molecule has 2 heterocycles. The molecule has 17 heavy (non-hydrogen) atoms. The van der Waals surface area contributed by atoms with Gasteiger partial charge in [-0.15, -0.1) is 11.3 Å². The van der Waals surface area contributed by atoms with E-state index in [-0.39, 0.29) is 0 Å². The lowest BCUT2D eigenvalue weighted by Gasteiger charge is -2.03. The van der Waals surface area contributed by atoms with Crippen molar-refractivity contribution >= 4 is 11.3 Å². The Hall–Kier alpha value is -1.20. The minimum Gasteiger partial charge on any atom is -0.308 e. The SMILES string of the molecule is CCc1nn(C)cc1CNCc1scnc1C. The van der Waals surface area contributed by atoms with Crippen molar-refractivity contribution < 1.29 is 0 Å². The zero-order valence-corrected chi connectivity index (χ0v) is 11.3. The maximum atomic E-state index is 4.43. The summed E-state index contributed by atoms with van der Waals surface area (Å²) in [4.78, 5) is 5.55. The first-order valence-electron chi connectivity index (χ1n) is 5.81. The third-order valence-corrected chi connectivity index (χ3v) is 3.71. The second-order valence-electron chi connectivity index (χ2n) is 4.09. The summed E-state index contributed by atoms with van der Waals surface area (Å²) < 4.78 is 1.88. The molecule has 0 radical (unpaired) electrons. The van der Waals surface area contributed by atoms with Crippen LogP contribution in [0.25, 0.3) is 0 Å². The fourth-order valence-corrected chi connectivity index (χ4v) is 2.58. The van der Waals surface area contributed by atoms with Crippen molar-refractivity contribution in [1.82, 2.24) is 20.1 Å². The molecule has 0 spiro atoms. The van der Waals surface area contributed by atoms with Crippen molar-refractivity contribution in [3.63, 3.8) is 0 Å². The minimum atomic E-state index is 0.869. The molecule has 2 rings (SSSR count). The Kier molecular flexibility index (Phi) is 3.91. The Morgan fingerprint density at radius 3 is 2.88 bits per heavy atom. The number of nitrogens with one attached hydrogen (secondary N) is 1. The first kappa shape index (κ1) is 12.3. The van der Waals surface area contributed by atoms with Crippen LogP contribution in [0, 0.1) is 6.92 Å². The van der Waals surface area contributed by atoms with E-state index >= 15 is 0 Å². The van der Waals surface area contributed by atoms with Crippen molar-refractivity contribution in [2.24, 2.45) is 7.05 Å². The Labute approximate surface area is 106 Å². The third kappa shape index (κ3) is 2.92. The first-order chi connectivity index (χ1) is 8.20. The van der Waals surface area contributed by atoms with Crippen LogP contribution in [0.15, 0.2) is 11.7 Å². The van der Waals surface area contributed by atoms with Crippen LogP contribution in [-0.2, 0) is 26.6 Å². The zero-order chi connectivity index (χ0) is 12.3. The van der Waals surface area contributed by atoms with Crippen molar-refractivity contribution in [3.8, 4) is 0 Å². The molecular formula is C12H18N4S. The first-order valence-corrected chi connectivity index (χ1v) is 6.69. The second kappa shape index (κ2) is 5.42. The van der Waals surface area contributed by atoms with Crippen LogP contribution < -0.4 is 5.32 Å². The number of hydrogen-bond donors (Lipinski definition) is 1. The highest BCUT2D eigenvalue weighted by Gasteiger charge is 2.06. The molecule has 0 amide bonds. The van der Waals surface area contributed by atoms with Gasteiger partial charge in [0.2, 0.25) is 0 Å². The van der Waals surface area contributed by atoms with Gasteiger partial charge < -0.3 is 5.32 Å². The van der Waals surface area contributed by atoms with Gasteiger partial charge in [0.05, 0.1) is 16.9 Å². The van der Waals surface area contributed by atoms with E-state index in [0.29, 0.717) is 0 Å². The molecule has 1 N–H and O–H groups in total. The summed E-state index contributed by atoms with van der Waals surface area (Å²) >= 11 is 1.71. The lowest BCUT2D eigenvalue weighted by atomic mass is 10.2. The molecule has 0 atom stereocenters. The average Bonchev–Trinajstić information content (AvgIpc) is 2.86. The maximum Gasteiger partial charge on any atom is 0.0798 e. The molecule has 2 aromatic heterocycles. The molecule has 0 fully saturated rings. The van der Waals surface area contributed by atoms with E-state index in [1.807, 2.05) is 17.2 Å². The van der Waals surface area contributed by atoms with Crippen LogP contribution in [0.3, 0.4) is 0 Å². The van der Waals surface area contributed by atoms with Gasteiger partial charge in [-0.1, -0.05) is 6.92 Å². The molecule has 0 aliphatic rings. The van der Waals surface area contributed by atoms with E-state index in [9.17, 15) is 0 Å². The Bertz CT molecular complexity index is 486. The van der Waals surface area contributed by atoms with E-state index in [2.05, 4.69) is 35.4 Å². The van der Waals surface area contributed by atoms with Gasteiger partial charge >= 0.3 is 0 Å². The van der Waals surface area contributed by atoms with Crippen LogP contribution in [0.4, 0.5) is 0 Å². The zero-order valence-electron chi connectivity index (χ0n) is 10.5. The van der Waals surface area contributed by atoms with E-state index in [0.717, 1.165) is 25.2 Å². The van der Waals surface area contributed by atoms with Gasteiger partial charge in [-0.25, -0.2) is 4.98 Å². The quantitative estimate of drug-likeness (QED) is 0.883. The number of thiazole rings is 1. The smallest absolute Gasteiger partial charge is 0.0798 e. The molecule has 0 bridgehead atoms. The highest BCUT2D eigenvalue weighted by atomic mass is 32.1. The molecule has 4 nitrogen and oxygen atoms in total. The Morgan fingerprint density at radius 2 is 2.24 bits per heavy atom. The Morgan fingerprint density at radius 1 is 1.41 bits per heavy atom. The van der Waals surface area contributed by atoms with Gasteiger partial charge in [-0.05, 0) is 13.3 Å². The molecule has 0 aliphatic carbocycles. The highest BCUT2D eigenvalue weighted by Crippen LogP contribution is 2.12. The summed E-state index contributed by atoms with van der Waals surface area (Å²) in [6.45, 7) is 5.94. The van der Waals surface area contributed by atoms with Gasteiger partial charge in [0.1, 0.15) is 0 Å². The normalized spacial score (nSPS) is 11.0. The largest absolute Gasteiger partial charge is 0.308 e. The van der Waals surface area contributed by atoms with E-state index < -0.39 is 0 Å². The van der Waals surface area contributed by atoms with Gasteiger partial charge in [-0.2, -0.15) is 5.10 Å². The van der Waals surface area contributed by atoms with Crippen molar-refractivity contribution in [2.45, 2.75) is 33.4 Å². The summed E-state index contributed by atoms with van der Waals surface area (Å²) in [5.74, 6) is 0. The van der Waals surface area contributed by atoms with Crippen molar-refractivity contribution in [3.05, 3.63) is 33.5 Å². The molecule has 5 heteroatoms. The van der Waals surface area contributed by atoms with Gasteiger partial charge in [-0.3, -0.25) is 4.68 Å². The summed E-state index contributed by atoms with van der Waals surface area (Å²) in [6, 6.07) is 0. The van der Waals surface area contributed by atoms with Gasteiger partial charge in [0, 0.05) is 36.8 Å². The van der Waals surface area contributed by atoms with Crippen LogP contribution >= 0.6 is 11.3 Å². The highest BCUT2D eigenvalue weighted by molar-refractivity contribution is 7.09. The van der Waals surface area contributed by atoms with Crippen LogP contribution in [0.2, 0.25) is 0 Å².